The molecule has 5 heteroatoms. The van der Waals surface area contributed by atoms with Crippen molar-refractivity contribution in [1.82, 2.24) is 9.59 Å². The molecule has 2 heterocycles. The number of carbonyl (C=O) groups excluding carboxylic acids is 1. The molecule has 0 aliphatic heterocycles. The zero-order valence-corrected chi connectivity index (χ0v) is 11.0. The maximum absolute atomic E-state index is 12.3. The Labute approximate surface area is 102 Å². The molecule has 84 valence electrons. The second kappa shape index (κ2) is 4.43. The minimum absolute atomic E-state index is 0.0532. The summed E-state index contributed by atoms with van der Waals surface area (Å²) in [7, 11) is 0. The molecule has 0 saturated carbocycles. The first-order valence-corrected chi connectivity index (χ1v) is 6.67. The Bertz CT molecular complexity index is 514. The summed E-state index contributed by atoms with van der Waals surface area (Å²) in [4.78, 5) is 14.0. The lowest BCUT2D eigenvalue weighted by molar-refractivity contribution is 0.104. The third kappa shape index (κ3) is 1.92. The van der Waals surface area contributed by atoms with Crippen LogP contribution in [0.3, 0.4) is 0 Å². The fourth-order valence-corrected chi connectivity index (χ4v) is 2.94. The van der Waals surface area contributed by atoms with Gasteiger partial charge in [0.05, 0.1) is 5.69 Å². The Morgan fingerprint density at radius 1 is 1.44 bits per heavy atom. The molecule has 0 amide bonds. The van der Waals surface area contributed by atoms with Crippen LogP contribution in [0.1, 0.15) is 45.6 Å². The van der Waals surface area contributed by atoms with Gasteiger partial charge in [-0.15, -0.1) is 16.4 Å². The third-order valence-electron chi connectivity index (χ3n) is 2.37. The van der Waals surface area contributed by atoms with Gasteiger partial charge in [0.15, 0.2) is 0 Å². The Hall–Kier alpha value is -1.07. The van der Waals surface area contributed by atoms with E-state index in [1.807, 2.05) is 32.2 Å². The van der Waals surface area contributed by atoms with E-state index in [0.29, 0.717) is 4.88 Å². The van der Waals surface area contributed by atoms with Crippen LogP contribution in [0.25, 0.3) is 0 Å². The van der Waals surface area contributed by atoms with Crippen LogP contribution in [0.15, 0.2) is 11.4 Å². The molecule has 16 heavy (non-hydrogen) atoms. The van der Waals surface area contributed by atoms with Crippen LogP contribution in [0.4, 0.5) is 0 Å². The van der Waals surface area contributed by atoms with Gasteiger partial charge in [-0.05, 0) is 35.8 Å². The SMILES string of the molecule is Cc1sccc1C(=O)c1snnc1C(C)C. The van der Waals surface area contributed by atoms with E-state index >= 15 is 0 Å². The summed E-state index contributed by atoms with van der Waals surface area (Å²) in [6.07, 6.45) is 0. The normalized spacial score (nSPS) is 11.0. The lowest BCUT2D eigenvalue weighted by Gasteiger charge is -2.02. The smallest absolute Gasteiger partial charge is 0.207 e. The van der Waals surface area contributed by atoms with Crippen LogP contribution in [0.5, 0.6) is 0 Å². The van der Waals surface area contributed by atoms with Crippen LogP contribution in [-0.4, -0.2) is 15.4 Å². The molecule has 2 aromatic rings. The van der Waals surface area contributed by atoms with Gasteiger partial charge < -0.3 is 0 Å². The van der Waals surface area contributed by atoms with Crippen molar-refractivity contribution in [1.29, 1.82) is 0 Å². The highest BCUT2D eigenvalue weighted by molar-refractivity contribution is 7.11. The van der Waals surface area contributed by atoms with Crippen LogP contribution in [0.2, 0.25) is 0 Å². The lowest BCUT2D eigenvalue weighted by Crippen LogP contribution is -2.04. The molecule has 2 rings (SSSR count). The molecule has 0 radical (unpaired) electrons. The van der Waals surface area contributed by atoms with Crippen LogP contribution in [0, 0.1) is 6.92 Å². The molecule has 0 aliphatic rings. The topological polar surface area (TPSA) is 42.9 Å². The molecule has 0 aliphatic carbocycles. The molecule has 0 atom stereocenters. The summed E-state index contributed by atoms with van der Waals surface area (Å²) in [6.45, 7) is 6.00. The van der Waals surface area contributed by atoms with Gasteiger partial charge in [-0.25, -0.2) is 0 Å². The first-order valence-electron chi connectivity index (χ1n) is 5.02. The van der Waals surface area contributed by atoms with Crippen molar-refractivity contribution in [3.05, 3.63) is 32.5 Å². The Morgan fingerprint density at radius 3 is 2.75 bits per heavy atom. The van der Waals surface area contributed by atoms with Crippen molar-refractivity contribution < 1.29 is 4.79 Å². The zero-order valence-electron chi connectivity index (χ0n) is 9.35. The zero-order chi connectivity index (χ0) is 11.7. The van der Waals surface area contributed by atoms with E-state index < -0.39 is 0 Å². The number of ketones is 1. The molecule has 0 bridgehead atoms. The molecule has 0 fully saturated rings. The predicted molar refractivity (Wildman–Crippen MR) is 66.5 cm³/mol. The van der Waals surface area contributed by atoms with Crippen LogP contribution in [-0.2, 0) is 0 Å². The first-order chi connectivity index (χ1) is 7.61. The summed E-state index contributed by atoms with van der Waals surface area (Å²) < 4.78 is 3.88. The highest BCUT2D eigenvalue weighted by atomic mass is 32.1. The number of hydrogen-bond donors (Lipinski definition) is 0. The monoisotopic (exact) mass is 252 g/mol. The van der Waals surface area contributed by atoms with E-state index in [-0.39, 0.29) is 11.7 Å². The van der Waals surface area contributed by atoms with Crippen molar-refractivity contribution in [3.63, 3.8) is 0 Å². The Morgan fingerprint density at radius 2 is 2.19 bits per heavy atom. The highest BCUT2D eigenvalue weighted by Gasteiger charge is 2.21. The summed E-state index contributed by atoms with van der Waals surface area (Å²) in [5, 5.41) is 5.96. The van der Waals surface area contributed by atoms with Crippen LogP contribution < -0.4 is 0 Å². The van der Waals surface area contributed by atoms with E-state index in [1.54, 1.807) is 11.3 Å². The molecule has 2 aromatic heterocycles. The number of nitrogens with zero attached hydrogens (tertiary/aromatic N) is 2. The summed E-state index contributed by atoms with van der Waals surface area (Å²) in [6, 6.07) is 1.87. The van der Waals surface area contributed by atoms with E-state index in [0.717, 1.165) is 16.1 Å². The third-order valence-corrected chi connectivity index (χ3v) is 3.96. The van der Waals surface area contributed by atoms with Gasteiger partial charge in [0.2, 0.25) is 5.78 Å². The van der Waals surface area contributed by atoms with Gasteiger partial charge in [-0.1, -0.05) is 18.3 Å². The number of aromatic nitrogens is 2. The highest BCUT2D eigenvalue weighted by Crippen LogP contribution is 2.25. The van der Waals surface area contributed by atoms with E-state index in [9.17, 15) is 4.79 Å². The van der Waals surface area contributed by atoms with E-state index in [1.165, 1.54) is 11.5 Å². The van der Waals surface area contributed by atoms with Crippen LogP contribution >= 0.6 is 22.9 Å². The average Bonchev–Trinajstić information content (AvgIpc) is 2.84. The molecule has 0 N–H and O–H groups in total. The van der Waals surface area contributed by atoms with Crippen molar-refractivity contribution in [3.8, 4) is 0 Å². The van der Waals surface area contributed by atoms with Gasteiger partial charge in [-0.2, -0.15) is 0 Å². The van der Waals surface area contributed by atoms with Crippen molar-refractivity contribution in [2.75, 3.05) is 0 Å². The fraction of sp³-hybridized carbons (Fsp3) is 0.364. The molecule has 0 aromatic carbocycles. The van der Waals surface area contributed by atoms with Gasteiger partial charge in [0, 0.05) is 10.4 Å². The molecule has 0 saturated heterocycles. The minimum atomic E-state index is 0.0532. The average molecular weight is 252 g/mol. The molecular formula is C11H12N2OS2. The van der Waals surface area contributed by atoms with E-state index in [4.69, 9.17) is 0 Å². The predicted octanol–water partition coefficient (Wildman–Crippen LogP) is 3.26. The van der Waals surface area contributed by atoms with Gasteiger partial charge in [0.1, 0.15) is 4.88 Å². The van der Waals surface area contributed by atoms with Crippen molar-refractivity contribution in [2.45, 2.75) is 26.7 Å². The van der Waals surface area contributed by atoms with Crippen molar-refractivity contribution in [2.24, 2.45) is 0 Å². The Balaban J connectivity index is 2.42. The number of hydrogen-bond acceptors (Lipinski definition) is 5. The standard InChI is InChI=1S/C11H12N2OS2/c1-6(2)9-11(16-13-12-9)10(14)8-4-5-15-7(8)3/h4-6H,1-3H3. The summed E-state index contributed by atoms with van der Waals surface area (Å²) in [5.41, 5.74) is 1.58. The maximum atomic E-state index is 12.3. The summed E-state index contributed by atoms with van der Waals surface area (Å²) >= 11 is 2.77. The van der Waals surface area contributed by atoms with Gasteiger partial charge in [-0.3, -0.25) is 4.79 Å². The molecule has 0 spiro atoms. The largest absolute Gasteiger partial charge is 0.288 e. The fourth-order valence-electron chi connectivity index (χ4n) is 1.48. The first kappa shape index (κ1) is 11.4. The maximum Gasteiger partial charge on any atom is 0.207 e. The quantitative estimate of drug-likeness (QED) is 0.787. The molecular weight excluding hydrogens is 240 g/mol. The number of rotatable bonds is 3. The molecule has 3 nitrogen and oxygen atoms in total. The van der Waals surface area contributed by atoms with E-state index in [2.05, 4.69) is 9.59 Å². The summed E-state index contributed by atoms with van der Waals surface area (Å²) in [5.74, 6) is 0.286. The minimum Gasteiger partial charge on any atom is -0.288 e. The number of aryl methyl sites for hydroxylation is 1. The second-order valence-corrected chi connectivity index (χ2v) is 5.74. The Kier molecular flexibility index (Phi) is 3.16. The van der Waals surface area contributed by atoms with Gasteiger partial charge >= 0.3 is 0 Å². The lowest BCUT2D eigenvalue weighted by atomic mass is 10.0. The van der Waals surface area contributed by atoms with Crippen molar-refractivity contribution >= 4 is 28.7 Å². The number of thiophene rings is 1. The number of carbonyl (C=O) groups is 1. The van der Waals surface area contributed by atoms with Gasteiger partial charge in [0.25, 0.3) is 0 Å². The molecule has 0 unspecified atom stereocenters. The second-order valence-electron chi connectivity index (χ2n) is 3.86.